The molecule has 2 fully saturated rings. The van der Waals surface area contributed by atoms with E-state index >= 15 is 0 Å². The number of carbonyl (C=O) groups excluding carboxylic acids is 1. The van der Waals surface area contributed by atoms with E-state index in [2.05, 4.69) is 15.5 Å². The van der Waals surface area contributed by atoms with E-state index < -0.39 is 21.2 Å². The van der Waals surface area contributed by atoms with Crippen LogP contribution < -0.4 is 4.72 Å². The molecule has 0 radical (unpaired) electrons. The quantitative estimate of drug-likeness (QED) is 0.827. The highest BCUT2D eigenvalue weighted by Crippen LogP contribution is 2.36. The Morgan fingerprint density at radius 2 is 1.77 bits per heavy atom. The first-order chi connectivity index (χ1) is 12.5. The SMILES string of the molecule is Cn1cc(C2CCCCCC2)c2ccc(C(=O)NS(=O)(=O)C3CC3)cc21. The van der Waals surface area contributed by atoms with Crippen LogP contribution in [-0.2, 0) is 17.1 Å². The summed E-state index contributed by atoms with van der Waals surface area (Å²) in [5, 5.41) is 0.785. The normalized spacial score (nSPS) is 19.4. The minimum absolute atomic E-state index is 0.396. The molecule has 1 amide bonds. The third-order valence-electron chi connectivity index (χ3n) is 5.78. The lowest BCUT2D eigenvalue weighted by atomic mass is 9.91. The van der Waals surface area contributed by atoms with Gasteiger partial charge in [-0.3, -0.25) is 4.79 Å². The highest BCUT2D eigenvalue weighted by Gasteiger charge is 2.37. The molecule has 2 saturated carbocycles. The predicted octanol–water partition coefficient (Wildman–Crippen LogP) is 3.84. The van der Waals surface area contributed by atoms with E-state index in [4.69, 9.17) is 0 Å². The maximum Gasteiger partial charge on any atom is 0.264 e. The van der Waals surface area contributed by atoms with Crippen molar-refractivity contribution in [2.75, 3.05) is 0 Å². The second kappa shape index (κ2) is 6.72. The van der Waals surface area contributed by atoms with Gasteiger partial charge in [-0.25, -0.2) is 13.1 Å². The van der Waals surface area contributed by atoms with Gasteiger partial charge in [0.05, 0.1) is 5.25 Å². The van der Waals surface area contributed by atoms with Crippen molar-refractivity contribution in [3.8, 4) is 0 Å². The van der Waals surface area contributed by atoms with Crippen LogP contribution in [0.15, 0.2) is 24.4 Å². The third-order valence-corrected chi connectivity index (χ3v) is 7.60. The van der Waals surface area contributed by atoms with Crippen molar-refractivity contribution in [2.24, 2.45) is 7.05 Å². The minimum atomic E-state index is -3.52. The number of sulfonamides is 1. The molecule has 1 aromatic carbocycles. The van der Waals surface area contributed by atoms with Crippen molar-refractivity contribution >= 4 is 26.8 Å². The van der Waals surface area contributed by atoms with E-state index in [-0.39, 0.29) is 0 Å². The molecule has 1 N–H and O–H groups in total. The lowest BCUT2D eigenvalue weighted by molar-refractivity contribution is 0.0981. The minimum Gasteiger partial charge on any atom is -0.350 e. The van der Waals surface area contributed by atoms with Crippen LogP contribution in [-0.4, -0.2) is 24.1 Å². The van der Waals surface area contributed by atoms with Crippen molar-refractivity contribution in [1.82, 2.24) is 9.29 Å². The van der Waals surface area contributed by atoms with Crippen LogP contribution in [0.1, 0.15) is 73.2 Å². The molecule has 1 heterocycles. The monoisotopic (exact) mass is 374 g/mol. The number of nitrogens with one attached hydrogen (secondary N) is 1. The van der Waals surface area contributed by atoms with Gasteiger partial charge in [0.2, 0.25) is 10.0 Å². The largest absolute Gasteiger partial charge is 0.350 e. The van der Waals surface area contributed by atoms with Gasteiger partial charge >= 0.3 is 0 Å². The standard InChI is InChI=1S/C20H26N2O3S/c1-22-13-18(14-6-4-2-3-5-7-14)17-11-8-15(12-19(17)22)20(23)21-26(24,25)16-9-10-16/h8,11-14,16H,2-7,9-10H2,1H3,(H,21,23). The second-order valence-corrected chi connectivity index (χ2v) is 9.75. The Hall–Kier alpha value is -1.82. The van der Waals surface area contributed by atoms with Gasteiger partial charge in [0.1, 0.15) is 0 Å². The number of fused-ring (bicyclic) bond motifs is 1. The molecular formula is C20H26N2O3S. The summed E-state index contributed by atoms with van der Waals surface area (Å²) in [6.07, 6.45) is 11.1. The van der Waals surface area contributed by atoms with Crippen molar-refractivity contribution in [3.05, 3.63) is 35.5 Å². The van der Waals surface area contributed by atoms with Gasteiger partial charge in [-0.05, 0) is 49.3 Å². The number of nitrogens with zero attached hydrogens (tertiary/aromatic N) is 1. The average molecular weight is 375 g/mol. The summed E-state index contributed by atoms with van der Waals surface area (Å²) >= 11 is 0. The lowest BCUT2D eigenvalue weighted by Gasteiger charge is -2.13. The number of hydrogen-bond acceptors (Lipinski definition) is 3. The molecule has 0 atom stereocenters. The summed E-state index contributed by atoms with van der Waals surface area (Å²) < 4.78 is 28.3. The second-order valence-electron chi connectivity index (χ2n) is 7.79. The first kappa shape index (κ1) is 17.6. The van der Waals surface area contributed by atoms with E-state index in [1.807, 2.05) is 19.2 Å². The van der Waals surface area contributed by atoms with Crippen molar-refractivity contribution < 1.29 is 13.2 Å². The van der Waals surface area contributed by atoms with E-state index in [1.54, 1.807) is 6.07 Å². The van der Waals surface area contributed by atoms with Gasteiger partial charge in [0, 0.05) is 29.7 Å². The number of benzene rings is 1. The van der Waals surface area contributed by atoms with E-state index in [1.165, 1.54) is 49.5 Å². The van der Waals surface area contributed by atoms with Crippen LogP contribution in [0.4, 0.5) is 0 Å². The number of aryl methyl sites for hydroxylation is 1. The Balaban J connectivity index is 1.63. The molecule has 5 nitrogen and oxygen atoms in total. The Labute approximate surface area is 154 Å². The van der Waals surface area contributed by atoms with Crippen molar-refractivity contribution in [2.45, 2.75) is 62.5 Å². The predicted molar refractivity (Wildman–Crippen MR) is 103 cm³/mol. The van der Waals surface area contributed by atoms with Crippen LogP contribution in [0.25, 0.3) is 10.9 Å². The van der Waals surface area contributed by atoms with Gasteiger partial charge in [-0.1, -0.05) is 31.7 Å². The van der Waals surface area contributed by atoms with Crippen LogP contribution in [0, 0.1) is 0 Å². The van der Waals surface area contributed by atoms with Crippen LogP contribution in [0.2, 0.25) is 0 Å². The average Bonchev–Trinajstić information content (AvgIpc) is 3.43. The van der Waals surface area contributed by atoms with Crippen LogP contribution in [0.5, 0.6) is 0 Å². The van der Waals surface area contributed by atoms with Crippen molar-refractivity contribution in [1.29, 1.82) is 0 Å². The Morgan fingerprint density at radius 3 is 2.42 bits per heavy atom. The fourth-order valence-corrected chi connectivity index (χ4v) is 5.42. The molecule has 140 valence electrons. The third kappa shape index (κ3) is 3.39. The van der Waals surface area contributed by atoms with E-state index in [0.717, 1.165) is 5.52 Å². The fraction of sp³-hybridized carbons (Fsp3) is 0.550. The summed E-state index contributed by atoms with van der Waals surface area (Å²) in [4.78, 5) is 12.4. The van der Waals surface area contributed by atoms with Gasteiger partial charge in [-0.15, -0.1) is 0 Å². The summed E-state index contributed by atoms with van der Waals surface area (Å²) in [6.45, 7) is 0. The summed E-state index contributed by atoms with van der Waals surface area (Å²) in [5.74, 6) is 0.0483. The molecule has 2 aromatic rings. The fourth-order valence-electron chi connectivity index (χ4n) is 4.12. The maximum atomic E-state index is 12.4. The first-order valence-corrected chi connectivity index (χ1v) is 11.2. The summed E-state index contributed by atoms with van der Waals surface area (Å²) in [5.41, 5.74) is 2.75. The molecule has 0 saturated heterocycles. The van der Waals surface area contributed by atoms with E-state index in [9.17, 15) is 13.2 Å². The lowest BCUT2D eigenvalue weighted by Crippen LogP contribution is -2.33. The highest BCUT2D eigenvalue weighted by atomic mass is 32.2. The number of aromatic nitrogens is 1. The molecule has 26 heavy (non-hydrogen) atoms. The number of amides is 1. The van der Waals surface area contributed by atoms with Crippen LogP contribution >= 0.6 is 0 Å². The van der Waals surface area contributed by atoms with Gasteiger partial charge in [-0.2, -0.15) is 0 Å². The Kier molecular flexibility index (Phi) is 4.55. The van der Waals surface area contributed by atoms with Crippen LogP contribution in [0.3, 0.4) is 0 Å². The van der Waals surface area contributed by atoms with E-state index in [0.29, 0.717) is 24.3 Å². The van der Waals surface area contributed by atoms with Crippen molar-refractivity contribution in [3.63, 3.8) is 0 Å². The maximum absolute atomic E-state index is 12.4. The zero-order valence-electron chi connectivity index (χ0n) is 15.2. The topological polar surface area (TPSA) is 68.2 Å². The molecule has 2 aliphatic rings. The van der Waals surface area contributed by atoms with Gasteiger partial charge in [0.15, 0.2) is 0 Å². The van der Waals surface area contributed by atoms with Gasteiger partial charge < -0.3 is 4.57 Å². The Bertz CT molecular complexity index is 933. The highest BCUT2D eigenvalue weighted by molar-refractivity contribution is 7.91. The molecule has 0 aliphatic heterocycles. The van der Waals surface area contributed by atoms with Gasteiger partial charge in [0.25, 0.3) is 5.91 Å². The summed E-state index contributed by atoms with van der Waals surface area (Å²) in [6, 6.07) is 5.54. The molecule has 4 rings (SSSR count). The number of carbonyl (C=O) groups is 1. The molecule has 1 aromatic heterocycles. The number of hydrogen-bond donors (Lipinski definition) is 1. The number of rotatable bonds is 4. The zero-order valence-corrected chi connectivity index (χ0v) is 16.0. The Morgan fingerprint density at radius 1 is 1.08 bits per heavy atom. The summed E-state index contributed by atoms with van der Waals surface area (Å²) in [7, 11) is -1.53. The molecular weight excluding hydrogens is 348 g/mol. The smallest absolute Gasteiger partial charge is 0.264 e. The molecule has 0 spiro atoms. The zero-order chi connectivity index (χ0) is 18.3. The first-order valence-electron chi connectivity index (χ1n) is 9.60. The molecule has 2 aliphatic carbocycles. The molecule has 0 unspecified atom stereocenters. The molecule has 6 heteroatoms. The molecule has 0 bridgehead atoms.